The summed E-state index contributed by atoms with van der Waals surface area (Å²) in [6, 6.07) is 4.89. The number of hydrogen-bond donors (Lipinski definition) is 1. The van der Waals surface area contributed by atoms with Crippen LogP contribution in [0.25, 0.3) is 0 Å². The molecule has 1 saturated carbocycles. The van der Waals surface area contributed by atoms with E-state index in [1.165, 1.54) is 5.69 Å². The molecule has 0 bridgehead atoms. The number of carbonyl (C=O) groups excluding carboxylic acids is 1. The van der Waals surface area contributed by atoms with Crippen molar-refractivity contribution in [2.24, 2.45) is 0 Å². The minimum atomic E-state index is 0.211. The summed E-state index contributed by atoms with van der Waals surface area (Å²) in [7, 11) is 1.92. The lowest BCUT2D eigenvalue weighted by atomic mass is 10.2. The Morgan fingerprint density at radius 1 is 1.58 bits per heavy atom. The van der Waals surface area contributed by atoms with E-state index >= 15 is 0 Å². The molecule has 1 aromatic heterocycles. The first kappa shape index (κ1) is 14.1. The van der Waals surface area contributed by atoms with Gasteiger partial charge in [0.2, 0.25) is 5.91 Å². The number of rotatable bonds is 7. The van der Waals surface area contributed by atoms with E-state index in [2.05, 4.69) is 29.8 Å². The molecule has 1 aliphatic carbocycles. The van der Waals surface area contributed by atoms with Crippen molar-refractivity contribution in [3.05, 3.63) is 24.0 Å². The Hall–Kier alpha value is -1.29. The summed E-state index contributed by atoms with van der Waals surface area (Å²) in [5.41, 5.74) is 1.19. The predicted molar refractivity (Wildman–Crippen MR) is 76.9 cm³/mol. The molecule has 106 valence electrons. The van der Waals surface area contributed by atoms with Gasteiger partial charge in [-0.1, -0.05) is 6.92 Å². The lowest BCUT2D eigenvalue weighted by Crippen LogP contribution is -2.33. The number of carbonyl (C=O) groups is 1. The molecule has 0 aromatic carbocycles. The Balaban J connectivity index is 1.96. The highest BCUT2D eigenvalue weighted by molar-refractivity contribution is 5.76. The van der Waals surface area contributed by atoms with Crippen molar-refractivity contribution in [1.82, 2.24) is 14.8 Å². The van der Waals surface area contributed by atoms with Crippen molar-refractivity contribution >= 4 is 5.91 Å². The van der Waals surface area contributed by atoms with Gasteiger partial charge in [0.1, 0.15) is 6.54 Å². The molecule has 1 aromatic rings. The standard InChI is InChI=1S/C15H25N3O/c1-4-9-16-12(2)14-6-5-10-18(14)11-15(19)17(3)13-7-8-13/h5-6,10,12-13,16H,4,7-9,11H2,1-3H3. The van der Waals surface area contributed by atoms with Crippen LogP contribution in [-0.2, 0) is 11.3 Å². The van der Waals surface area contributed by atoms with Crippen LogP contribution in [0.3, 0.4) is 0 Å². The summed E-state index contributed by atoms with van der Waals surface area (Å²) in [6.07, 6.45) is 5.44. The molecule has 0 aliphatic heterocycles. The molecule has 1 aliphatic rings. The molecule has 19 heavy (non-hydrogen) atoms. The molecule has 1 atom stereocenters. The van der Waals surface area contributed by atoms with E-state index in [0.717, 1.165) is 25.8 Å². The topological polar surface area (TPSA) is 37.3 Å². The second-order valence-corrected chi connectivity index (χ2v) is 5.47. The van der Waals surface area contributed by atoms with Gasteiger partial charge in [-0.05, 0) is 44.9 Å². The molecular formula is C15H25N3O. The average molecular weight is 263 g/mol. The van der Waals surface area contributed by atoms with Crippen LogP contribution >= 0.6 is 0 Å². The van der Waals surface area contributed by atoms with E-state index in [1.807, 2.05) is 24.2 Å². The van der Waals surface area contributed by atoms with E-state index in [-0.39, 0.29) is 11.9 Å². The number of hydrogen-bond acceptors (Lipinski definition) is 2. The van der Waals surface area contributed by atoms with Crippen LogP contribution in [0.2, 0.25) is 0 Å². The zero-order chi connectivity index (χ0) is 13.8. The van der Waals surface area contributed by atoms with E-state index in [0.29, 0.717) is 12.6 Å². The molecule has 0 saturated heterocycles. The van der Waals surface area contributed by atoms with Crippen molar-refractivity contribution in [3.8, 4) is 0 Å². The largest absolute Gasteiger partial charge is 0.341 e. The van der Waals surface area contributed by atoms with Crippen LogP contribution in [-0.4, -0.2) is 35.0 Å². The van der Waals surface area contributed by atoms with Crippen molar-refractivity contribution < 1.29 is 4.79 Å². The Kier molecular flexibility index (Phi) is 4.64. The lowest BCUT2D eigenvalue weighted by molar-refractivity contribution is -0.131. The summed E-state index contributed by atoms with van der Waals surface area (Å²) in [6.45, 7) is 5.76. The molecule has 0 radical (unpaired) electrons. The van der Waals surface area contributed by atoms with Gasteiger partial charge in [-0.25, -0.2) is 0 Å². The van der Waals surface area contributed by atoms with Gasteiger partial charge in [0.05, 0.1) is 0 Å². The van der Waals surface area contributed by atoms with E-state index < -0.39 is 0 Å². The molecule has 1 N–H and O–H groups in total. The third-order valence-electron chi connectivity index (χ3n) is 3.80. The van der Waals surface area contributed by atoms with Gasteiger partial charge in [-0.2, -0.15) is 0 Å². The van der Waals surface area contributed by atoms with Crippen molar-refractivity contribution in [1.29, 1.82) is 0 Å². The fraction of sp³-hybridized carbons (Fsp3) is 0.667. The first-order valence-corrected chi connectivity index (χ1v) is 7.27. The van der Waals surface area contributed by atoms with Gasteiger partial charge in [0.15, 0.2) is 0 Å². The number of amides is 1. The Morgan fingerprint density at radius 2 is 2.32 bits per heavy atom. The second-order valence-electron chi connectivity index (χ2n) is 5.47. The van der Waals surface area contributed by atoms with Crippen LogP contribution < -0.4 is 5.32 Å². The van der Waals surface area contributed by atoms with Crippen molar-refractivity contribution in [3.63, 3.8) is 0 Å². The third-order valence-corrected chi connectivity index (χ3v) is 3.80. The molecule has 1 amide bonds. The molecule has 0 spiro atoms. The molecule has 4 nitrogen and oxygen atoms in total. The summed E-state index contributed by atoms with van der Waals surface area (Å²) in [5.74, 6) is 0.211. The first-order valence-electron chi connectivity index (χ1n) is 7.27. The summed E-state index contributed by atoms with van der Waals surface area (Å²) < 4.78 is 2.06. The molecule has 1 heterocycles. The number of aromatic nitrogens is 1. The molecule has 1 fully saturated rings. The normalized spacial score (nSPS) is 16.4. The first-order chi connectivity index (χ1) is 9.13. The van der Waals surface area contributed by atoms with E-state index in [9.17, 15) is 4.79 Å². The van der Waals surface area contributed by atoms with Crippen LogP contribution in [0.1, 0.15) is 44.8 Å². The minimum absolute atomic E-state index is 0.211. The SMILES string of the molecule is CCCNC(C)c1cccn1CC(=O)N(C)C1CC1. The molecule has 2 rings (SSSR count). The maximum Gasteiger partial charge on any atom is 0.242 e. The number of nitrogens with one attached hydrogen (secondary N) is 1. The zero-order valence-electron chi connectivity index (χ0n) is 12.2. The zero-order valence-corrected chi connectivity index (χ0v) is 12.2. The van der Waals surface area contributed by atoms with Gasteiger partial charge < -0.3 is 14.8 Å². The average Bonchev–Trinajstić information content (AvgIpc) is 3.15. The Bertz CT molecular complexity index is 423. The molecule has 1 unspecified atom stereocenters. The van der Waals surface area contributed by atoms with E-state index in [1.54, 1.807) is 0 Å². The molecular weight excluding hydrogens is 238 g/mol. The summed E-state index contributed by atoms with van der Waals surface area (Å²) in [5, 5.41) is 3.47. The van der Waals surface area contributed by atoms with Gasteiger partial charge in [-0.15, -0.1) is 0 Å². The highest BCUT2D eigenvalue weighted by atomic mass is 16.2. The molecule has 4 heteroatoms. The van der Waals surface area contributed by atoms with Crippen molar-refractivity contribution in [2.75, 3.05) is 13.6 Å². The highest BCUT2D eigenvalue weighted by Gasteiger charge is 2.29. The minimum Gasteiger partial charge on any atom is -0.341 e. The lowest BCUT2D eigenvalue weighted by Gasteiger charge is -2.20. The van der Waals surface area contributed by atoms with Gasteiger partial charge >= 0.3 is 0 Å². The highest BCUT2D eigenvalue weighted by Crippen LogP contribution is 2.25. The van der Waals surface area contributed by atoms with Crippen molar-refractivity contribution in [2.45, 2.75) is 51.7 Å². The number of nitrogens with zero attached hydrogens (tertiary/aromatic N) is 2. The van der Waals surface area contributed by atoms with E-state index in [4.69, 9.17) is 0 Å². The quantitative estimate of drug-likeness (QED) is 0.818. The predicted octanol–water partition coefficient (Wildman–Crippen LogP) is 2.17. The monoisotopic (exact) mass is 263 g/mol. The Morgan fingerprint density at radius 3 is 2.95 bits per heavy atom. The fourth-order valence-electron chi connectivity index (χ4n) is 2.35. The van der Waals surface area contributed by atoms with Crippen LogP contribution in [0.5, 0.6) is 0 Å². The maximum atomic E-state index is 12.2. The van der Waals surface area contributed by atoms with Crippen LogP contribution in [0, 0.1) is 0 Å². The fourth-order valence-corrected chi connectivity index (χ4v) is 2.35. The maximum absolute atomic E-state index is 12.2. The van der Waals surface area contributed by atoms with Crippen LogP contribution in [0.15, 0.2) is 18.3 Å². The van der Waals surface area contributed by atoms with Gasteiger partial charge in [0.25, 0.3) is 0 Å². The van der Waals surface area contributed by atoms with Gasteiger partial charge in [-0.3, -0.25) is 4.79 Å². The summed E-state index contributed by atoms with van der Waals surface area (Å²) in [4.78, 5) is 14.1. The summed E-state index contributed by atoms with van der Waals surface area (Å²) >= 11 is 0. The van der Waals surface area contributed by atoms with Crippen LogP contribution in [0.4, 0.5) is 0 Å². The smallest absolute Gasteiger partial charge is 0.242 e. The number of likely N-dealkylation sites (N-methyl/N-ethyl adjacent to an activating group) is 1. The van der Waals surface area contributed by atoms with Gasteiger partial charge in [0, 0.05) is 31.0 Å². The third kappa shape index (κ3) is 3.60. The Labute approximate surface area is 115 Å². The second kappa shape index (κ2) is 6.24.